The van der Waals surface area contributed by atoms with Gasteiger partial charge in [-0.1, -0.05) is 48.2 Å². The van der Waals surface area contributed by atoms with Crippen molar-refractivity contribution in [3.05, 3.63) is 81.9 Å². The van der Waals surface area contributed by atoms with Crippen LogP contribution in [0.2, 0.25) is 10.2 Å². The normalized spacial score (nSPS) is 16.3. The second-order valence-corrected chi connectivity index (χ2v) is 11.5. The van der Waals surface area contributed by atoms with Crippen molar-refractivity contribution in [3.63, 3.8) is 0 Å². The van der Waals surface area contributed by atoms with Crippen LogP contribution in [0.25, 0.3) is 22.9 Å². The molecule has 4 aromatic rings. The quantitative estimate of drug-likeness (QED) is 0.192. The number of nitrogens with one attached hydrogen (secondary N) is 2. The molecule has 1 amide bonds. The minimum Gasteiger partial charge on any atom is -0.469 e. The second kappa shape index (κ2) is 15.6. The average Bonchev–Trinajstić information content (AvgIpc) is 3.60. The topological polar surface area (TPSA) is 163 Å². The molecular weight excluding hydrogens is 647 g/mol. The van der Waals surface area contributed by atoms with Crippen LogP contribution in [-0.2, 0) is 30.3 Å². The Bertz CT molecular complexity index is 1780. The third-order valence-corrected chi connectivity index (χ3v) is 8.04. The van der Waals surface area contributed by atoms with Gasteiger partial charge in [0.1, 0.15) is 12.4 Å². The second-order valence-electron chi connectivity index (χ2n) is 10.7. The summed E-state index contributed by atoms with van der Waals surface area (Å²) in [5.41, 5.74) is 4.19. The fourth-order valence-electron chi connectivity index (χ4n) is 5.24. The molecule has 2 bridgehead atoms. The molecule has 15 heteroatoms. The Balaban J connectivity index is 1.48. The molecule has 13 nitrogen and oxygen atoms in total. The zero-order valence-electron chi connectivity index (χ0n) is 25.7. The first-order valence-corrected chi connectivity index (χ1v) is 15.7. The van der Waals surface area contributed by atoms with Crippen molar-refractivity contribution in [1.29, 1.82) is 0 Å². The molecule has 5 rings (SSSR count). The molecule has 0 saturated heterocycles. The fourth-order valence-corrected chi connectivity index (χ4v) is 5.62. The number of ether oxygens (including phenoxy) is 2. The smallest absolute Gasteiger partial charge is 0.328 e. The lowest BCUT2D eigenvalue weighted by Crippen LogP contribution is -2.32. The van der Waals surface area contributed by atoms with Crippen molar-refractivity contribution >= 4 is 52.8 Å². The summed E-state index contributed by atoms with van der Waals surface area (Å²) < 4.78 is 11.7. The van der Waals surface area contributed by atoms with Crippen LogP contribution in [0.15, 0.2) is 54.9 Å². The summed E-state index contributed by atoms with van der Waals surface area (Å²) in [4.78, 5) is 38.3. The number of amides is 1. The lowest BCUT2D eigenvalue weighted by atomic mass is 9.96. The molecule has 47 heavy (non-hydrogen) atoms. The van der Waals surface area contributed by atoms with Gasteiger partial charge in [0.25, 0.3) is 0 Å². The first-order valence-electron chi connectivity index (χ1n) is 14.9. The highest BCUT2D eigenvalue weighted by molar-refractivity contribution is 6.32. The number of hydrogen-bond donors (Lipinski definition) is 2. The number of fused-ring (bicyclic) bond motifs is 4. The van der Waals surface area contributed by atoms with E-state index in [-0.39, 0.29) is 24.1 Å². The van der Waals surface area contributed by atoms with E-state index in [4.69, 9.17) is 32.7 Å². The zero-order valence-corrected chi connectivity index (χ0v) is 27.2. The van der Waals surface area contributed by atoms with Gasteiger partial charge in [-0.25, -0.2) is 4.79 Å². The Kier molecular flexibility index (Phi) is 11.1. The van der Waals surface area contributed by atoms with E-state index in [1.165, 1.54) is 24.2 Å². The summed E-state index contributed by atoms with van der Waals surface area (Å²) in [5, 5.41) is 26.8. The Labute approximate surface area is 280 Å². The molecule has 2 atom stereocenters. The minimum absolute atomic E-state index is 0.0388. The summed E-state index contributed by atoms with van der Waals surface area (Å²) in [6.45, 7) is 1.98. The standard InChI is InChI=1S/C32H32Cl2N8O5/c1-3-47-32(45)25-7-5-4-6-24(37-29(43)13-9-20-16-21(33)10-12-28(20)42-18-35-40-41-42)27-17-23(31(34)39-38-27)22-11-8-19(14-26(22)36-25)15-30(44)46-2/h8-14,16-18,24-25,36H,3-7,15H2,1-2H3,(H,37,43)/b13-9+/t24?,25-/m1/s1. The largest absolute Gasteiger partial charge is 0.469 e. The van der Waals surface area contributed by atoms with Gasteiger partial charge in [-0.05, 0) is 72.2 Å². The Morgan fingerprint density at radius 2 is 1.89 bits per heavy atom. The number of rotatable bonds is 8. The fraction of sp³-hybridized carbons (Fsp3) is 0.312. The number of anilines is 1. The van der Waals surface area contributed by atoms with E-state index in [1.54, 1.807) is 55.5 Å². The van der Waals surface area contributed by atoms with Crippen molar-refractivity contribution in [1.82, 2.24) is 35.7 Å². The van der Waals surface area contributed by atoms with E-state index < -0.39 is 24.0 Å². The number of halogens is 2. The molecular formula is C32H32Cl2N8O5. The van der Waals surface area contributed by atoms with Crippen LogP contribution in [-0.4, -0.2) is 68.0 Å². The van der Waals surface area contributed by atoms with Gasteiger partial charge in [0.05, 0.1) is 37.6 Å². The van der Waals surface area contributed by atoms with Crippen molar-refractivity contribution < 1.29 is 23.9 Å². The van der Waals surface area contributed by atoms with Gasteiger partial charge >= 0.3 is 11.9 Å². The first kappa shape index (κ1) is 33.5. The van der Waals surface area contributed by atoms with Gasteiger partial charge in [-0.3, -0.25) is 9.59 Å². The van der Waals surface area contributed by atoms with Crippen molar-refractivity contribution in [2.75, 3.05) is 19.0 Å². The highest BCUT2D eigenvalue weighted by Crippen LogP contribution is 2.36. The minimum atomic E-state index is -0.669. The molecule has 0 saturated carbocycles. The molecule has 1 aliphatic heterocycles. The van der Waals surface area contributed by atoms with Gasteiger partial charge < -0.3 is 20.1 Å². The number of carbonyl (C=O) groups excluding carboxylic acids is 3. The van der Waals surface area contributed by atoms with Gasteiger partial charge in [0.2, 0.25) is 5.91 Å². The number of aromatic nitrogens is 6. The van der Waals surface area contributed by atoms with Crippen LogP contribution in [0.1, 0.15) is 55.5 Å². The molecule has 1 unspecified atom stereocenters. The Morgan fingerprint density at radius 1 is 1.06 bits per heavy atom. The zero-order chi connectivity index (χ0) is 33.3. The summed E-state index contributed by atoms with van der Waals surface area (Å²) in [6.07, 6.45) is 6.79. The molecule has 2 aromatic heterocycles. The van der Waals surface area contributed by atoms with Gasteiger partial charge in [0, 0.05) is 33.5 Å². The Morgan fingerprint density at radius 3 is 2.66 bits per heavy atom. The highest BCUT2D eigenvalue weighted by atomic mass is 35.5. The maximum Gasteiger partial charge on any atom is 0.328 e. The third-order valence-electron chi connectivity index (χ3n) is 7.53. The van der Waals surface area contributed by atoms with Crippen LogP contribution in [0, 0.1) is 0 Å². The van der Waals surface area contributed by atoms with E-state index in [0.29, 0.717) is 70.0 Å². The number of hydrogen-bond acceptors (Lipinski definition) is 11. The maximum absolute atomic E-state index is 13.3. The number of nitrogens with zero attached hydrogens (tertiary/aromatic N) is 6. The molecule has 0 fully saturated rings. The molecule has 244 valence electrons. The van der Waals surface area contributed by atoms with Crippen LogP contribution in [0.5, 0.6) is 0 Å². The lowest BCUT2D eigenvalue weighted by molar-refractivity contribution is -0.144. The van der Waals surface area contributed by atoms with Crippen molar-refractivity contribution in [2.24, 2.45) is 0 Å². The number of esters is 2. The monoisotopic (exact) mass is 678 g/mol. The molecule has 0 spiro atoms. The van der Waals surface area contributed by atoms with E-state index in [0.717, 1.165) is 0 Å². The van der Waals surface area contributed by atoms with Crippen molar-refractivity contribution in [2.45, 2.75) is 51.1 Å². The number of carbonyl (C=O) groups is 3. The molecule has 1 aliphatic rings. The van der Waals surface area contributed by atoms with E-state index in [9.17, 15) is 14.4 Å². The molecule has 0 aliphatic carbocycles. The van der Waals surface area contributed by atoms with Gasteiger partial charge in [-0.15, -0.1) is 10.2 Å². The number of tetrazole rings is 1. The SMILES string of the molecule is CCOC(=O)[C@H]1CCCCC(NC(=O)/C=C/c2cc(Cl)ccc2-n2cnnn2)c2cc(c(Cl)nn2)-c2ccc(CC(=O)OC)cc2N1. The van der Waals surface area contributed by atoms with Crippen LogP contribution in [0.3, 0.4) is 0 Å². The average molecular weight is 680 g/mol. The van der Waals surface area contributed by atoms with Crippen molar-refractivity contribution in [3.8, 4) is 16.8 Å². The predicted octanol–water partition coefficient (Wildman–Crippen LogP) is 4.93. The van der Waals surface area contributed by atoms with Crippen LogP contribution in [0.4, 0.5) is 5.69 Å². The van der Waals surface area contributed by atoms with E-state index >= 15 is 0 Å². The number of benzene rings is 2. The van der Waals surface area contributed by atoms with E-state index in [2.05, 4.69) is 36.4 Å². The lowest BCUT2D eigenvalue weighted by Gasteiger charge is -2.24. The summed E-state index contributed by atoms with van der Waals surface area (Å²) in [6, 6.07) is 11.1. The maximum atomic E-state index is 13.3. The summed E-state index contributed by atoms with van der Waals surface area (Å²) in [7, 11) is 1.32. The summed E-state index contributed by atoms with van der Waals surface area (Å²) >= 11 is 12.8. The Hall–Kier alpha value is -4.88. The third kappa shape index (κ3) is 8.48. The van der Waals surface area contributed by atoms with Gasteiger partial charge in [0.15, 0.2) is 5.15 Å². The predicted molar refractivity (Wildman–Crippen MR) is 175 cm³/mol. The van der Waals surface area contributed by atoms with Gasteiger partial charge in [-0.2, -0.15) is 9.78 Å². The van der Waals surface area contributed by atoms with E-state index in [1.807, 2.05) is 0 Å². The highest BCUT2D eigenvalue weighted by Gasteiger charge is 2.25. The molecule has 3 heterocycles. The first-order chi connectivity index (χ1) is 22.7. The van der Waals surface area contributed by atoms with Crippen LogP contribution >= 0.6 is 23.2 Å². The molecule has 2 aromatic carbocycles. The van der Waals surface area contributed by atoms with Crippen LogP contribution < -0.4 is 10.6 Å². The molecule has 0 radical (unpaired) electrons. The summed E-state index contributed by atoms with van der Waals surface area (Å²) in [5.74, 6) is -1.17. The molecule has 2 N–H and O–H groups in total. The number of methoxy groups -OCH3 is 1.